The van der Waals surface area contributed by atoms with Crippen molar-refractivity contribution in [3.8, 4) is 6.07 Å². The first kappa shape index (κ1) is 20.0. The van der Waals surface area contributed by atoms with E-state index in [9.17, 15) is 10.1 Å². The average Bonchev–Trinajstić information content (AvgIpc) is 2.65. The molecule has 1 heterocycles. The summed E-state index contributed by atoms with van der Waals surface area (Å²) in [7, 11) is 1.64. The SMILES string of the molecule is CN1C(=O)[C@H](c2ccc(SC(C)(C)C)cc2)C(c2cccc(C#N)c2)N=C1N. The van der Waals surface area contributed by atoms with Gasteiger partial charge in [0.25, 0.3) is 0 Å². The highest BCUT2D eigenvalue weighted by Gasteiger charge is 2.38. The fraction of sp³-hybridized carbons (Fsp3) is 0.318. The van der Waals surface area contributed by atoms with Crippen LogP contribution in [0.4, 0.5) is 0 Å². The Balaban J connectivity index is 2.02. The van der Waals surface area contributed by atoms with Gasteiger partial charge in [-0.1, -0.05) is 45.0 Å². The van der Waals surface area contributed by atoms with Crippen molar-refractivity contribution < 1.29 is 4.79 Å². The molecule has 1 aliphatic rings. The summed E-state index contributed by atoms with van der Waals surface area (Å²) >= 11 is 1.78. The molecular weight excluding hydrogens is 368 g/mol. The van der Waals surface area contributed by atoms with Crippen LogP contribution in [0.5, 0.6) is 0 Å². The van der Waals surface area contributed by atoms with Gasteiger partial charge < -0.3 is 5.73 Å². The number of aliphatic imine (C=N–C) groups is 1. The van der Waals surface area contributed by atoms with Gasteiger partial charge in [0.15, 0.2) is 5.96 Å². The summed E-state index contributed by atoms with van der Waals surface area (Å²) in [6.45, 7) is 6.50. The van der Waals surface area contributed by atoms with Gasteiger partial charge in [-0.25, -0.2) is 4.99 Å². The molecule has 0 bridgehead atoms. The van der Waals surface area contributed by atoms with Gasteiger partial charge in [0.2, 0.25) is 5.91 Å². The summed E-state index contributed by atoms with van der Waals surface area (Å²) in [4.78, 5) is 20.2. The van der Waals surface area contributed by atoms with Crippen molar-refractivity contribution in [2.24, 2.45) is 10.7 Å². The molecule has 0 saturated carbocycles. The third kappa shape index (κ3) is 4.20. The summed E-state index contributed by atoms with van der Waals surface area (Å²) < 4.78 is 0.113. The molecule has 0 aliphatic carbocycles. The molecule has 2 aromatic rings. The summed E-state index contributed by atoms with van der Waals surface area (Å²) in [6, 6.07) is 17.0. The van der Waals surface area contributed by atoms with Crippen LogP contribution in [0.1, 0.15) is 49.4 Å². The molecule has 0 fully saturated rings. The van der Waals surface area contributed by atoms with Crippen molar-refractivity contribution >= 4 is 23.6 Å². The number of guanidine groups is 1. The molecule has 3 rings (SSSR count). The number of carbonyl (C=O) groups excluding carboxylic acids is 1. The lowest BCUT2D eigenvalue weighted by atomic mass is 9.85. The van der Waals surface area contributed by atoms with Gasteiger partial charge in [-0.3, -0.25) is 9.69 Å². The second-order valence-electron chi connectivity index (χ2n) is 7.83. The zero-order valence-electron chi connectivity index (χ0n) is 16.5. The fourth-order valence-electron chi connectivity index (χ4n) is 3.24. The fourth-order valence-corrected chi connectivity index (χ4v) is 4.22. The molecule has 0 saturated heterocycles. The Morgan fingerprint density at radius 2 is 1.82 bits per heavy atom. The molecule has 28 heavy (non-hydrogen) atoms. The number of amides is 1. The third-order valence-corrected chi connectivity index (χ3v) is 5.67. The van der Waals surface area contributed by atoms with Gasteiger partial charge in [-0.2, -0.15) is 5.26 Å². The van der Waals surface area contributed by atoms with Crippen LogP contribution < -0.4 is 5.73 Å². The quantitative estimate of drug-likeness (QED) is 0.799. The van der Waals surface area contributed by atoms with Crippen LogP contribution in [0.15, 0.2) is 58.4 Å². The summed E-state index contributed by atoms with van der Waals surface area (Å²) in [5, 5.41) is 9.22. The number of thioether (sulfide) groups is 1. The second-order valence-corrected chi connectivity index (χ2v) is 9.73. The van der Waals surface area contributed by atoms with Crippen molar-refractivity contribution in [3.05, 3.63) is 65.2 Å². The molecule has 1 amide bonds. The topological polar surface area (TPSA) is 82.5 Å². The zero-order valence-corrected chi connectivity index (χ0v) is 17.3. The average molecular weight is 393 g/mol. The maximum absolute atomic E-state index is 13.1. The van der Waals surface area contributed by atoms with Gasteiger partial charge in [0.05, 0.1) is 23.6 Å². The molecular formula is C22H24N4OS. The Morgan fingerprint density at radius 1 is 1.14 bits per heavy atom. The second kappa shape index (κ2) is 7.69. The van der Waals surface area contributed by atoms with Crippen LogP contribution in [-0.2, 0) is 4.79 Å². The molecule has 0 aromatic heterocycles. The first-order chi connectivity index (χ1) is 13.2. The van der Waals surface area contributed by atoms with E-state index in [-0.39, 0.29) is 16.6 Å². The van der Waals surface area contributed by atoms with E-state index in [0.29, 0.717) is 5.56 Å². The summed E-state index contributed by atoms with van der Waals surface area (Å²) in [6.07, 6.45) is 0. The number of nitrogens with two attached hydrogens (primary N) is 1. The summed E-state index contributed by atoms with van der Waals surface area (Å²) in [5.74, 6) is -0.399. The Kier molecular flexibility index (Phi) is 5.48. The van der Waals surface area contributed by atoms with Crippen LogP contribution in [0, 0.1) is 11.3 Å². The predicted molar refractivity (Wildman–Crippen MR) is 113 cm³/mol. The van der Waals surface area contributed by atoms with Crippen molar-refractivity contribution in [1.82, 2.24) is 4.90 Å². The molecule has 2 atom stereocenters. The van der Waals surface area contributed by atoms with E-state index < -0.39 is 12.0 Å². The highest BCUT2D eigenvalue weighted by Crippen LogP contribution is 2.40. The molecule has 144 valence electrons. The van der Waals surface area contributed by atoms with E-state index in [1.54, 1.807) is 30.9 Å². The number of nitriles is 1. The van der Waals surface area contributed by atoms with Crippen LogP contribution in [0.3, 0.4) is 0 Å². The zero-order chi connectivity index (χ0) is 20.5. The Bertz CT molecular complexity index is 954. The minimum atomic E-state index is -0.486. The number of carbonyl (C=O) groups is 1. The monoisotopic (exact) mass is 392 g/mol. The lowest BCUT2D eigenvalue weighted by Crippen LogP contribution is -2.46. The van der Waals surface area contributed by atoms with E-state index in [0.717, 1.165) is 16.0 Å². The highest BCUT2D eigenvalue weighted by atomic mass is 32.2. The van der Waals surface area contributed by atoms with E-state index in [2.05, 4.69) is 31.8 Å². The molecule has 0 spiro atoms. The number of nitrogens with zero attached hydrogens (tertiary/aromatic N) is 3. The summed E-state index contributed by atoms with van der Waals surface area (Å²) in [5.41, 5.74) is 8.22. The van der Waals surface area contributed by atoms with E-state index in [4.69, 9.17) is 5.73 Å². The maximum atomic E-state index is 13.1. The van der Waals surface area contributed by atoms with Gasteiger partial charge in [-0.15, -0.1) is 11.8 Å². The van der Waals surface area contributed by atoms with Crippen LogP contribution >= 0.6 is 11.8 Å². The van der Waals surface area contributed by atoms with Crippen molar-refractivity contribution in [2.75, 3.05) is 7.05 Å². The van der Waals surface area contributed by atoms with E-state index in [1.807, 2.05) is 36.4 Å². The molecule has 5 nitrogen and oxygen atoms in total. The van der Waals surface area contributed by atoms with Crippen LogP contribution in [-0.4, -0.2) is 28.6 Å². The standard InChI is InChI=1S/C22H24N4OS/c1-22(2,3)28-17-10-8-15(9-11-17)18-19(25-21(24)26(4)20(18)27)16-7-5-6-14(12-16)13-23/h5-12,18-19H,1-4H3,(H2,24,25)/t18-,19?/m1/s1. The minimum absolute atomic E-state index is 0.101. The van der Waals surface area contributed by atoms with Gasteiger partial charge in [0, 0.05) is 16.7 Å². The Morgan fingerprint density at radius 3 is 2.43 bits per heavy atom. The molecule has 2 N–H and O–H groups in total. The minimum Gasteiger partial charge on any atom is -0.369 e. The predicted octanol–water partition coefficient (Wildman–Crippen LogP) is 4.06. The molecule has 6 heteroatoms. The molecule has 1 aliphatic heterocycles. The maximum Gasteiger partial charge on any atom is 0.239 e. The van der Waals surface area contributed by atoms with E-state index in [1.165, 1.54) is 4.90 Å². The Labute approximate surface area is 170 Å². The van der Waals surface area contributed by atoms with Crippen molar-refractivity contribution in [3.63, 3.8) is 0 Å². The van der Waals surface area contributed by atoms with Crippen LogP contribution in [0.25, 0.3) is 0 Å². The third-order valence-electron chi connectivity index (χ3n) is 4.55. The lowest BCUT2D eigenvalue weighted by Gasteiger charge is -2.33. The normalized spacial score (nSPS) is 19.9. The number of likely N-dealkylation sites (N-methyl/N-ethyl adjacent to an activating group) is 1. The number of hydrogen-bond acceptors (Lipinski definition) is 5. The van der Waals surface area contributed by atoms with Crippen molar-refractivity contribution in [2.45, 2.75) is 42.4 Å². The molecule has 2 aromatic carbocycles. The van der Waals surface area contributed by atoms with E-state index >= 15 is 0 Å². The molecule has 0 radical (unpaired) electrons. The number of rotatable bonds is 3. The first-order valence-electron chi connectivity index (χ1n) is 9.09. The number of benzene rings is 2. The lowest BCUT2D eigenvalue weighted by molar-refractivity contribution is -0.129. The van der Waals surface area contributed by atoms with Gasteiger partial charge in [0.1, 0.15) is 0 Å². The highest BCUT2D eigenvalue weighted by molar-refractivity contribution is 8.00. The largest absolute Gasteiger partial charge is 0.369 e. The smallest absolute Gasteiger partial charge is 0.239 e. The van der Waals surface area contributed by atoms with Gasteiger partial charge in [-0.05, 0) is 35.4 Å². The van der Waals surface area contributed by atoms with Gasteiger partial charge >= 0.3 is 0 Å². The first-order valence-corrected chi connectivity index (χ1v) is 9.91. The van der Waals surface area contributed by atoms with Crippen molar-refractivity contribution in [1.29, 1.82) is 5.26 Å². The number of hydrogen-bond donors (Lipinski definition) is 1. The van der Waals surface area contributed by atoms with Crippen LogP contribution in [0.2, 0.25) is 0 Å². The Hall–Kier alpha value is -2.78. The molecule has 1 unspecified atom stereocenters.